The summed E-state index contributed by atoms with van der Waals surface area (Å²) in [5, 5.41) is 3.01. The molecule has 0 aliphatic heterocycles. The number of carbonyl (C=O) groups excluding carboxylic acids is 1. The van der Waals surface area contributed by atoms with Gasteiger partial charge in [-0.3, -0.25) is 4.79 Å². The van der Waals surface area contributed by atoms with Gasteiger partial charge in [0.1, 0.15) is 0 Å². The molecule has 0 unspecified atom stereocenters. The molecule has 0 aromatic heterocycles. The van der Waals surface area contributed by atoms with E-state index in [4.69, 9.17) is 9.47 Å². The van der Waals surface area contributed by atoms with Crippen molar-refractivity contribution in [1.82, 2.24) is 5.32 Å². The summed E-state index contributed by atoms with van der Waals surface area (Å²) in [6.45, 7) is 25.2. The summed E-state index contributed by atoms with van der Waals surface area (Å²) >= 11 is 0. The van der Waals surface area contributed by atoms with Crippen LogP contribution in [0.4, 0.5) is 0 Å². The molecule has 0 atom stereocenters. The molecular weight excluding hydrogens is 350 g/mol. The van der Waals surface area contributed by atoms with E-state index in [1.54, 1.807) is 0 Å². The van der Waals surface area contributed by atoms with E-state index in [0.29, 0.717) is 37.2 Å². The summed E-state index contributed by atoms with van der Waals surface area (Å²) in [7, 11) is 0. The molecule has 28 heavy (non-hydrogen) atoms. The summed E-state index contributed by atoms with van der Waals surface area (Å²) in [6, 6.07) is 0. The highest BCUT2D eigenvalue weighted by molar-refractivity contribution is 5.81. The van der Waals surface area contributed by atoms with Gasteiger partial charge in [-0.25, -0.2) is 0 Å². The number of ether oxygens (including phenoxy) is 2. The van der Waals surface area contributed by atoms with Crippen molar-refractivity contribution < 1.29 is 14.3 Å². The lowest BCUT2D eigenvalue weighted by atomic mass is 9.73. The predicted octanol–water partition coefficient (Wildman–Crippen LogP) is 5.84. The normalized spacial score (nSPS) is 13.6. The van der Waals surface area contributed by atoms with Gasteiger partial charge in [-0.05, 0) is 35.5 Å². The van der Waals surface area contributed by atoms with E-state index in [1.165, 1.54) is 6.42 Å². The monoisotopic (exact) mass is 399 g/mol. The van der Waals surface area contributed by atoms with Crippen molar-refractivity contribution in [2.75, 3.05) is 33.0 Å². The predicted molar refractivity (Wildman–Crippen MR) is 120 cm³/mol. The van der Waals surface area contributed by atoms with Crippen LogP contribution >= 0.6 is 0 Å². The van der Waals surface area contributed by atoms with Crippen LogP contribution in [-0.4, -0.2) is 38.9 Å². The smallest absolute Gasteiger partial charge is 0.225 e. The molecule has 0 saturated carbocycles. The molecule has 4 heteroatoms. The first-order valence-electron chi connectivity index (χ1n) is 11.0. The average molecular weight is 400 g/mol. The minimum Gasteiger partial charge on any atom is -0.379 e. The molecule has 0 aliphatic rings. The number of hydrogen-bond donors (Lipinski definition) is 1. The van der Waals surface area contributed by atoms with Crippen molar-refractivity contribution in [1.29, 1.82) is 0 Å². The lowest BCUT2D eigenvalue weighted by Gasteiger charge is -2.33. The Morgan fingerprint density at radius 1 is 0.750 bits per heavy atom. The summed E-state index contributed by atoms with van der Waals surface area (Å²) < 4.78 is 11.3. The molecule has 0 fully saturated rings. The quantitative estimate of drug-likeness (QED) is 0.373. The number of hydrogen-bond acceptors (Lipinski definition) is 3. The topological polar surface area (TPSA) is 47.6 Å². The van der Waals surface area contributed by atoms with Crippen molar-refractivity contribution in [2.45, 2.75) is 94.9 Å². The largest absolute Gasteiger partial charge is 0.379 e. The van der Waals surface area contributed by atoms with Crippen LogP contribution in [0.2, 0.25) is 0 Å². The Labute approximate surface area is 175 Å². The number of nitrogens with one attached hydrogen (secondary N) is 1. The highest BCUT2D eigenvalue weighted by Gasteiger charge is 2.33. The Kier molecular flexibility index (Phi) is 11.3. The van der Waals surface area contributed by atoms with Crippen LogP contribution in [0, 0.1) is 21.7 Å². The number of carbonyl (C=O) groups is 1. The van der Waals surface area contributed by atoms with Crippen LogP contribution in [-0.2, 0) is 14.3 Å². The second-order valence-electron chi connectivity index (χ2n) is 11.7. The van der Waals surface area contributed by atoms with Crippen molar-refractivity contribution in [3.63, 3.8) is 0 Å². The van der Waals surface area contributed by atoms with Crippen LogP contribution < -0.4 is 5.32 Å². The third kappa shape index (κ3) is 13.5. The van der Waals surface area contributed by atoms with Gasteiger partial charge in [-0.15, -0.1) is 0 Å². The first-order chi connectivity index (χ1) is 12.6. The molecule has 0 aliphatic carbocycles. The average Bonchev–Trinajstić information content (AvgIpc) is 2.49. The Morgan fingerprint density at radius 2 is 1.29 bits per heavy atom. The van der Waals surface area contributed by atoms with E-state index in [-0.39, 0.29) is 16.7 Å². The molecular formula is C24H49NO3. The highest BCUT2D eigenvalue weighted by atomic mass is 16.5. The summed E-state index contributed by atoms with van der Waals surface area (Å²) in [5.41, 5.74) is 0.457. The van der Waals surface area contributed by atoms with Crippen LogP contribution in [0.25, 0.3) is 0 Å². The van der Waals surface area contributed by atoms with Crippen molar-refractivity contribution in [2.24, 2.45) is 21.7 Å². The van der Waals surface area contributed by atoms with Crippen LogP contribution in [0.5, 0.6) is 0 Å². The number of amides is 1. The molecule has 0 radical (unpaired) electrons. The van der Waals surface area contributed by atoms with Gasteiger partial charge in [0.05, 0.1) is 19.8 Å². The maximum atomic E-state index is 12.4. The van der Waals surface area contributed by atoms with Gasteiger partial charge >= 0.3 is 0 Å². The fraction of sp³-hybridized carbons (Fsp3) is 0.958. The Hall–Kier alpha value is -0.610. The summed E-state index contributed by atoms with van der Waals surface area (Å²) in [5.74, 6) is 0.106. The number of rotatable bonds is 14. The van der Waals surface area contributed by atoms with E-state index in [2.05, 4.69) is 60.7 Å². The summed E-state index contributed by atoms with van der Waals surface area (Å²) in [4.78, 5) is 12.4. The van der Waals surface area contributed by atoms with Gasteiger partial charge < -0.3 is 14.8 Å². The van der Waals surface area contributed by atoms with Crippen molar-refractivity contribution in [3.05, 3.63) is 0 Å². The second kappa shape index (κ2) is 11.5. The Bertz CT molecular complexity index is 447. The molecule has 0 heterocycles. The minimum absolute atomic E-state index is 0.106. The molecule has 0 bridgehead atoms. The molecule has 0 aromatic carbocycles. The molecule has 0 saturated heterocycles. The maximum Gasteiger partial charge on any atom is 0.225 e. The van der Waals surface area contributed by atoms with Crippen molar-refractivity contribution in [3.8, 4) is 0 Å². The SMILES string of the molecule is CCC(C)(C)CC(C)(C)C(=O)NCCOCCOCCC(C)(C)CC(C)(C)C. The van der Waals surface area contributed by atoms with Gasteiger partial charge in [0.2, 0.25) is 5.91 Å². The zero-order chi connectivity index (χ0) is 22.1. The molecule has 0 aromatic rings. The lowest BCUT2D eigenvalue weighted by Crippen LogP contribution is -2.41. The Morgan fingerprint density at radius 3 is 1.79 bits per heavy atom. The van der Waals surface area contributed by atoms with Gasteiger partial charge in [0.15, 0.2) is 0 Å². The first-order valence-corrected chi connectivity index (χ1v) is 11.0. The molecule has 0 rings (SSSR count). The highest BCUT2D eigenvalue weighted by Crippen LogP contribution is 2.36. The van der Waals surface area contributed by atoms with Crippen LogP contribution in [0.15, 0.2) is 0 Å². The fourth-order valence-corrected chi connectivity index (χ4v) is 4.07. The van der Waals surface area contributed by atoms with E-state index in [9.17, 15) is 4.79 Å². The minimum atomic E-state index is -0.359. The van der Waals surface area contributed by atoms with Gasteiger partial charge in [-0.1, -0.05) is 75.7 Å². The maximum absolute atomic E-state index is 12.4. The third-order valence-electron chi connectivity index (χ3n) is 5.33. The first kappa shape index (κ1) is 27.4. The van der Waals surface area contributed by atoms with Gasteiger partial charge in [0, 0.05) is 18.6 Å². The van der Waals surface area contributed by atoms with E-state index < -0.39 is 0 Å². The zero-order valence-corrected chi connectivity index (χ0v) is 20.6. The fourth-order valence-electron chi connectivity index (χ4n) is 4.07. The van der Waals surface area contributed by atoms with Crippen LogP contribution in [0.1, 0.15) is 94.9 Å². The molecule has 1 N–H and O–H groups in total. The molecule has 4 nitrogen and oxygen atoms in total. The molecule has 168 valence electrons. The van der Waals surface area contributed by atoms with Gasteiger partial charge in [0.25, 0.3) is 0 Å². The summed E-state index contributed by atoms with van der Waals surface area (Å²) in [6.07, 6.45) is 4.19. The van der Waals surface area contributed by atoms with Gasteiger partial charge in [-0.2, -0.15) is 0 Å². The second-order valence-corrected chi connectivity index (χ2v) is 11.7. The zero-order valence-electron chi connectivity index (χ0n) is 20.6. The van der Waals surface area contributed by atoms with E-state index >= 15 is 0 Å². The van der Waals surface area contributed by atoms with E-state index in [1.807, 2.05) is 13.8 Å². The van der Waals surface area contributed by atoms with E-state index in [0.717, 1.165) is 25.9 Å². The molecule has 1 amide bonds. The van der Waals surface area contributed by atoms with Crippen LogP contribution in [0.3, 0.4) is 0 Å². The third-order valence-corrected chi connectivity index (χ3v) is 5.33. The van der Waals surface area contributed by atoms with Crippen molar-refractivity contribution >= 4 is 5.91 Å². The lowest BCUT2D eigenvalue weighted by molar-refractivity contribution is -0.131. The molecule has 0 spiro atoms. The standard InChI is InChI=1S/C24H49NO3/c1-11-22(5,6)19-24(9,10)20(26)25-13-15-28-17-16-27-14-12-23(7,8)18-21(2,3)4/h11-19H2,1-10H3,(H,25,26). The Balaban J connectivity index is 3.83.